The van der Waals surface area contributed by atoms with Crippen LogP contribution in [0.1, 0.15) is 47.1 Å². The van der Waals surface area contributed by atoms with Gasteiger partial charge >= 0.3 is 6.09 Å². The lowest BCUT2D eigenvalue weighted by atomic mass is 9.98. The Morgan fingerprint density at radius 3 is 2.59 bits per heavy atom. The van der Waals surface area contributed by atoms with Crippen LogP contribution in [0.5, 0.6) is 17.4 Å². The van der Waals surface area contributed by atoms with Gasteiger partial charge in [-0.25, -0.2) is 9.78 Å². The molecule has 1 aromatic carbocycles. The molecule has 0 bridgehead atoms. The number of nitrogens with one attached hydrogen (secondary N) is 2. The van der Waals surface area contributed by atoms with Crippen LogP contribution < -0.4 is 20.1 Å². The first-order chi connectivity index (χ1) is 14.9. The molecule has 1 aliphatic rings. The molecule has 3 rings (SSSR count). The SMILES string of the molecule is C=C(Nc1ccc(Oc2cccc3c2CC(C)CO3)nc1)C(C)(C)NC(=O)OC(C)(C)C. The molecule has 1 amide bonds. The van der Waals surface area contributed by atoms with Crippen molar-refractivity contribution in [3.05, 3.63) is 54.4 Å². The Hall–Kier alpha value is -3.22. The third kappa shape index (κ3) is 6.15. The number of rotatable bonds is 6. The average molecular weight is 440 g/mol. The largest absolute Gasteiger partial charge is 0.493 e. The van der Waals surface area contributed by atoms with Crippen molar-refractivity contribution in [3.8, 4) is 17.4 Å². The minimum atomic E-state index is -0.739. The number of hydrogen-bond acceptors (Lipinski definition) is 6. The highest BCUT2D eigenvalue weighted by atomic mass is 16.6. The molecule has 2 N–H and O–H groups in total. The van der Waals surface area contributed by atoms with Gasteiger partial charge in [0.05, 0.1) is 24.0 Å². The van der Waals surface area contributed by atoms with Gasteiger partial charge in [-0.2, -0.15) is 0 Å². The number of nitrogens with zero attached hydrogens (tertiary/aromatic N) is 1. The quantitative estimate of drug-likeness (QED) is 0.603. The maximum absolute atomic E-state index is 12.1. The molecule has 2 aromatic rings. The number of benzene rings is 1. The Balaban J connectivity index is 1.63. The topological polar surface area (TPSA) is 81.7 Å². The van der Waals surface area contributed by atoms with Gasteiger partial charge in [0.1, 0.15) is 17.1 Å². The van der Waals surface area contributed by atoms with Gasteiger partial charge in [-0.05, 0) is 65.2 Å². The Labute approximate surface area is 190 Å². The van der Waals surface area contributed by atoms with Crippen LogP contribution in [0.15, 0.2) is 48.8 Å². The molecule has 7 heteroatoms. The molecule has 0 spiro atoms. The van der Waals surface area contributed by atoms with E-state index in [1.165, 1.54) is 0 Å². The summed E-state index contributed by atoms with van der Waals surface area (Å²) in [4.78, 5) is 16.5. The summed E-state index contributed by atoms with van der Waals surface area (Å²) in [6, 6.07) is 9.46. The van der Waals surface area contributed by atoms with Crippen molar-refractivity contribution in [2.24, 2.45) is 5.92 Å². The summed E-state index contributed by atoms with van der Waals surface area (Å²) in [5.74, 6) is 2.55. The second kappa shape index (κ2) is 9.10. The van der Waals surface area contributed by atoms with Crippen molar-refractivity contribution in [3.63, 3.8) is 0 Å². The number of carbonyl (C=O) groups excluding carboxylic acids is 1. The van der Waals surface area contributed by atoms with E-state index in [9.17, 15) is 4.79 Å². The van der Waals surface area contributed by atoms with E-state index in [4.69, 9.17) is 14.2 Å². The van der Waals surface area contributed by atoms with Gasteiger partial charge in [-0.1, -0.05) is 19.6 Å². The normalized spacial score (nSPS) is 15.8. The smallest absolute Gasteiger partial charge is 0.408 e. The van der Waals surface area contributed by atoms with Crippen LogP contribution in [0.3, 0.4) is 0 Å². The molecular weight excluding hydrogens is 406 g/mol. The van der Waals surface area contributed by atoms with E-state index in [0.29, 0.717) is 17.5 Å². The third-order valence-corrected chi connectivity index (χ3v) is 4.98. The molecule has 0 saturated heterocycles. The zero-order valence-corrected chi connectivity index (χ0v) is 19.7. The van der Waals surface area contributed by atoms with E-state index >= 15 is 0 Å². The highest BCUT2D eigenvalue weighted by Gasteiger charge is 2.27. The van der Waals surface area contributed by atoms with Gasteiger partial charge in [0.25, 0.3) is 0 Å². The molecular formula is C25H33N3O4. The maximum atomic E-state index is 12.1. The van der Waals surface area contributed by atoms with E-state index in [0.717, 1.165) is 35.8 Å². The predicted molar refractivity (Wildman–Crippen MR) is 125 cm³/mol. The number of pyridine rings is 1. The summed E-state index contributed by atoms with van der Waals surface area (Å²) in [6.07, 6.45) is 2.07. The number of amides is 1. The molecule has 1 atom stereocenters. The average Bonchev–Trinajstić information content (AvgIpc) is 2.68. The fourth-order valence-corrected chi connectivity index (χ4v) is 3.21. The van der Waals surface area contributed by atoms with Gasteiger partial charge in [-0.15, -0.1) is 0 Å². The summed E-state index contributed by atoms with van der Waals surface area (Å²) in [5, 5.41) is 6.02. The molecule has 0 radical (unpaired) electrons. The fourth-order valence-electron chi connectivity index (χ4n) is 3.21. The summed E-state index contributed by atoms with van der Waals surface area (Å²) >= 11 is 0. The number of fused-ring (bicyclic) bond motifs is 1. The van der Waals surface area contributed by atoms with Gasteiger partial charge in [0.2, 0.25) is 5.88 Å². The van der Waals surface area contributed by atoms with Crippen LogP contribution in [0.4, 0.5) is 10.5 Å². The van der Waals surface area contributed by atoms with Gasteiger partial charge < -0.3 is 24.8 Å². The summed E-state index contributed by atoms with van der Waals surface area (Å²) in [5.41, 5.74) is 1.09. The Bertz CT molecular complexity index is 978. The van der Waals surface area contributed by atoms with Crippen molar-refractivity contribution in [2.45, 2.75) is 59.1 Å². The van der Waals surface area contributed by atoms with Gasteiger partial charge in [0.15, 0.2) is 0 Å². The second-order valence-corrected chi connectivity index (χ2v) is 9.70. The lowest BCUT2D eigenvalue weighted by Crippen LogP contribution is -2.48. The number of hydrogen-bond donors (Lipinski definition) is 2. The molecule has 1 unspecified atom stereocenters. The van der Waals surface area contributed by atoms with Crippen molar-refractivity contribution in [1.29, 1.82) is 0 Å². The zero-order valence-electron chi connectivity index (χ0n) is 19.7. The lowest BCUT2D eigenvalue weighted by Gasteiger charge is -2.31. The summed E-state index contributed by atoms with van der Waals surface area (Å²) < 4.78 is 17.2. The van der Waals surface area contributed by atoms with Gasteiger partial charge in [-0.3, -0.25) is 0 Å². The molecule has 1 aliphatic heterocycles. The van der Waals surface area contributed by atoms with Crippen LogP contribution >= 0.6 is 0 Å². The molecule has 0 saturated carbocycles. The molecule has 7 nitrogen and oxygen atoms in total. The first-order valence-corrected chi connectivity index (χ1v) is 10.8. The fraction of sp³-hybridized carbons (Fsp3) is 0.440. The standard InChI is InChI=1S/C25H33N3O4/c1-16-13-19-20(30-15-16)9-8-10-21(19)31-22-12-11-18(14-26-22)27-17(2)25(6,7)28-23(29)32-24(3,4)5/h8-12,14,16,27H,2,13,15H2,1,3-7H3,(H,28,29). The molecule has 1 aromatic heterocycles. The number of alkyl carbamates (subject to hydrolysis) is 1. The number of ether oxygens (including phenoxy) is 3. The lowest BCUT2D eigenvalue weighted by molar-refractivity contribution is 0.0487. The molecule has 32 heavy (non-hydrogen) atoms. The maximum Gasteiger partial charge on any atom is 0.408 e. The summed E-state index contributed by atoms with van der Waals surface area (Å²) in [6.45, 7) is 16.1. The Morgan fingerprint density at radius 1 is 1.19 bits per heavy atom. The highest BCUT2D eigenvalue weighted by Crippen LogP contribution is 2.36. The second-order valence-electron chi connectivity index (χ2n) is 9.70. The molecule has 2 heterocycles. The van der Waals surface area contributed by atoms with Crippen molar-refractivity contribution >= 4 is 11.8 Å². The zero-order chi connectivity index (χ0) is 23.5. The molecule has 172 valence electrons. The predicted octanol–water partition coefficient (Wildman–Crippen LogP) is 5.67. The van der Waals surface area contributed by atoms with Crippen molar-refractivity contribution < 1.29 is 19.0 Å². The molecule has 0 aliphatic carbocycles. The van der Waals surface area contributed by atoms with Crippen LogP contribution in [0, 0.1) is 5.92 Å². The number of anilines is 1. The van der Waals surface area contributed by atoms with E-state index in [1.807, 2.05) is 58.9 Å². The third-order valence-electron chi connectivity index (χ3n) is 4.98. The monoisotopic (exact) mass is 439 g/mol. The van der Waals surface area contributed by atoms with Crippen LogP contribution in [-0.4, -0.2) is 28.8 Å². The first kappa shape index (κ1) is 23.4. The van der Waals surface area contributed by atoms with E-state index in [2.05, 4.69) is 29.1 Å². The van der Waals surface area contributed by atoms with Crippen LogP contribution in [0.25, 0.3) is 0 Å². The minimum Gasteiger partial charge on any atom is -0.493 e. The van der Waals surface area contributed by atoms with Gasteiger partial charge in [0, 0.05) is 17.3 Å². The minimum absolute atomic E-state index is 0.440. The number of carbonyl (C=O) groups is 1. The first-order valence-electron chi connectivity index (χ1n) is 10.8. The van der Waals surface area contributed by atoms with Crippen LogP contribution in [-0.2, 0) is 11.2 Å². The highest BCUT2D eigenvalue weighted by molar-refractivity contribution is 5.70. The molecule has 0 fully saturated rings. The van der Waals surface area contributed by atoms with E-state index in [1.54, 1.807) is 12.3 Å². The van der Waals surface area contributed by atoms with Crippen molar-refractivity contribution in [2.75, 3.05) is 11.9 Å². The van der Waals surface area contributed by atoms with E-state index < -0.39 is 17.2 Å². The Kier molecular flexibility index (Phi) is 6.67. The van der Waals surface area contributed by atoms with Crippen molar-refractivity contribution in [1.82, 2.24) is 10.3 Å². The Morgan fingerprint density at radius 2 is 1.94 bits per heavy atom. The summed E-state index contributed by atoms with van der Waals surface area (Å²) in [7, 11) is 0. The van der Waals surface area contributed by atoms with Crippen LogP contribution in [0.2, 0.25) is 0 Å². The number of aromatic nitrogens is 1. The van der Waals surface area contributed by atoms with E-state index in [-0.39, 0.29) is 0 Å².